The molecule has 0 saturated carbocycles. The van der Waals surface area contributed by atoms with E-state index in [1.54, 1.807) is 18.2 Å². The molecule has 3 aromatic rings. The molecule has 0 aliphatic carbocycles. The number of rotatable bonds is 4. The van der Waals surface area contributed by atoms with Gasteiger partial charge in [0.1, 0.15) is 5.82 Å². The zero-order valence-corrected chi connectivity index (χ0v) is 12.4. The summed E-state index contributed by atoms with van der Waals surface area (Å²) in [5.41, 5.74) is 1.59. The van der Waals surface area contributed by atoms with Gasteiger partial charge in [0.15, 0.2) is 5.78 Å². The summed E-state index contributed by atoms with van der Waals surface area (Å²) in [5.74, 6) is -0.445. The first-order valence-corrected chi connectivity index (χ1v) is 7.48. The van der Waals surface area contributed by atoms with E-state index in [1.165, 1.54) is 6.07 Å². The Morgan fingerprint density at radius 2 is 1.55 bits per heavy atom. The second kappa shape index (κ2) is 6.10. The van der Waals surface area contributed by atoms with E-state index in [0.29, 0.717) is 22.8 Å². The highest BCUT2D eigenvalue weighted by molar-refractivity contribution is 6.11. The maximum atomic E-state index is 13.9. The van der Waals surface area contributed by atoms with Gasteiger partial charge in [0.25, 0.3) is 0 Å². The summed E-state index contributed by atoms with van der Waals surface area (Å²) in [6, 6.07) is 19.9. The van der Waals surface area contributed by atoms with E-state index in [0.717, 1.165) is 5.56 Å². The quantitative estimate of drug-likeness (QED) is 0.592. The van der Waals surface area contributed by atoms with Gasteiger partial charge >= 0.3 is 0 Å². The molecule has 0 amide bonds. The number of carbonyl (C=O) groups excluding carboxylic acids is 1. The number of carbonyl (C=O) groups is 1. The number of hydrogen-bond donors (Lipinski definition) is 0. The molecule has 0 bridgehead atoms. The topological polar surface area (TPSA) is 17.1 Å². The lowest BCUT2D eigenvalue weighted by Crippen LogP contribution is -2.13. The van der Waals surface area contributed by atoms with Crippen molar-refractivity contribution in [1.82, 2.24) is 0 Å². The lowest BCUT2D eigenvalue weighted by atomic mass is 9.87. The van der Waals surface area contributed by atoms with Crippen LogP contribution < -0.4 is 0 Å². The van der Waals surface area contributed by atoms with E-state index in [-0.39, 0.29) is 17.5 Å². The van der Waals surface area contributed by atoms with Crippen LogP contribution in [0.3, 0.4) is 0 Å². The average molecular weight is 292 g/mol. The summed E-state index contributed by atoms with van der Waals surface area (Å²) >= 11 is 0. The number of ketones is 1. The van der Waals surface area contributed by atoms with E-state index in [1.807, 2.05) is 49.4 Å². The first-order chi connectivity index (χ1) is 10.7. The minimum Gasteiger partial charge on any atom is -0.293 e. The van der Waals surface area contributed by atoms with Crippen LogP contribution in [-0.2, 0) is 0 Å². The fraction of sp³-hybridized carbons (Fsp3) is 0.150. The van der Waals surface area contributed by atoms with Crippen LogP contribution in [0.4, 0.5) is 4.39 Å². The monoisotopic (exact) mass is 292 g/mol. The normalized spacial score (nSPS) is 12.3. The lowest BCUT2D eigenvalue weighted by molar-refractivity contribution is 0.0959. The molecule has 1 nitrogen and oxygen atoms in total. The number of halogens is 1. The zero-order valence-electron chi connectivity index (χ0n) is 12.4. The smallest absolute Gasteiger partial charge is 0.170 e. The van der Waals surface area contributed by atoms with Crippen molar-refractivity contribution in [3.05, 3.63) is 83.7 Å². The molecule has 2 heteroatoms. The van der Waals surface area contributed by atoms with Gasteiger partial charge in [-0.15, -0.1) is 0 Å². The molecule has 3 aromatic carbocycles. The van der Waals surface area contributed by atoms with Crippen molar-refractivity contribution in [3.63, 3.8) is 0 Å². The molecule has 0 aliphatic heterocycles. The first-order valence-electron chi connectivity index (χ1n) is 7.48. The van der Waals surface area contributed by atoms with Crippen LogP contribution in [-0.4, -0.2) is 5.78 Å². The molecule has 0 N–H and O–H groups in total. The Morgan fingerprint density at radius 3 is 2.23 bits per heavy atom. The second-order valence-electron chi connectivity index (χ2n) is 5.38. The van der Waals surface area contributed by atoms with Crippen molar-refractivity contribution in [1.29, 1.82) is 0 Å². The maximum absolute atomic E-state index is 13.9. The molecule has 0 radical (unpaired) electrons. The minimum atomic E-state index is -0.292. The van der Waals surface area contributed by atoms with Gasteiger partial charge in [0.05, 0.1) is 0 Å². The number of benzene rings is 3. The van der Waals surface area contributed by atoms with Gasteiger partial charge in [-0.3, -0.25) is 4.79 Å². The Hall–Kier alpha value is -2.48. The molecular weight excluding hydrogens is 275 g/mol. The summed E-state index contributed by atoms with van der Waals surface area (Å²) in [6.45, 7) is 2.00. The molecule has 0 spiro atoms. The third-order valence-electron chi connectivity index (χ3n) is 4.06. The maximum Gasteiger partial charge on any atom is 0.170 e. The highest BCUT2D eigenvalue weighted by Crippen LogP contribution is 2.29. The fourth-order valence-corrected chi connectivity index (χ4v) is 2.92. The number of hydrogen-bond acceptors (Lipinski definition) is 1. The van der Waals surface area contributed by atoms with E-state index >= 15 is 0 Å². The van der Waals surface area contributed by atoms with E-state index in [2.05, 4.69) is 0 Å². The minimum absolute atomic E-state index is 0.0462. The first kappa shape index (κ1) is 14.5. The molecule has 110 valence electrons. The molecule has 0 heterocycles. The van der Waals surface area contributed by atoms with E-state index in [9.17, 15) is 9.18 Å². The summed E-state index contributed by atoms with van der Waals surface area (Å²) < 4.78 is 13.9. The van der Waals surface area contributed by atoms with Gasteiger partial charge in [-0.05, 0) is 29.5 Å². The zero-order chi connectivity index (χ0) is 15.5. The van der Waals surface area contributed by atoms with Gasteiger partial charge in [0, 0.05) is 16.9 Å². The summed E-state index contributed by atoms with van der Waals surface area (Å²) in [7, 11) is 0. The Balaban J connectivity index is 2.11. The van der Waals surface area contributed by atoms with Crippen LogP contribution in [0.1, 0.15) is 35.2 Å². The molecular formula is C20H17FO. The second-order valence-corrected chi connectivity index (χ2v) is 5.38. The third kappa shape index (κ3) is 2.52. The molecule has 1 unspecified atom stereocenters. The van der Waals surface area contributed by atoms with Crippen molar-refractivity contribution in [2.75, 3.05) is 0 Å². The average Bonchev–Trinajstić information content (AvgIpc) is 2.57. The predicted octanol–water partition coefficient (Wildman–Crippen LogP) is 5.36. The Bertz CT molecular complexity index is 808. The molecule has 3 rings (SSSR count). The van der Waals surface area contributed by atoms with Gasteiger partial charge in [-0.25, -0.2) is 4.39 Å². The van der Waals surface area contributed by atoms with E-state index < -0.39 is 0 Å². The van der Waals surface area contributed by atoms with Gasteiger partial charge in [0.2, 0.25) is 0 Å². The van der Waals surface area contributed by atoms with Crippen molar-refractivity contribution in [2.45, 2.75) is 19.3 Å². The van der Waals surface area contributed by atoms with Crippen molar-refractivity contribution >= 4 is 16.6 Å². The van der Waals surface area contributed by atoms with Crippen LogP contribution in [0.5, 0.6) is 0 Å². The van der Waals surface area contributed by atoms with Crippen LogP contribution in [0, 0.1) is 5.82 Å². The molecule has 0 saturated heterocycles. The Morgan fingerprint density at radius 1 is 0.909 bits per heavy atom. The van der Waals surface area contributed by atoms with E-state index in [4.69, 9.17) is 0 Å². The van der Waals surface area contributed by atoms with Crippen molar-refractivity contribution < 1.29 is 9.18 Å². The summed E-state index contributed by atoms with van der Waals surface area (Å²) in [4.78, 5) is 13.0. The van der Waals surface area contributed by atoms with Crippen molar-refractivity contribution in [3.8, 4) is 0 Å². The Labute approximate surface area is 129 Å². The molecule has 1 atom stereocenters. The third-order valence-corrected chi connectivity index (χ3v) is 4.06. The summed E-state index contributed by atoms with van der Waals surface area (Å²) in [5, 5.41) is 1.18. The number of fused-ring (bicyclic) bond motifs is 1. The number of Topliss-reactive ketones (excluding diaryl/α,β-unsaturated/α-hetero) is 1. The lowest BCUT2D eigenvalue weighted by Gasteiger charge is -2.16. The molecule has 0 fully saturated rings. The highest BCUT2D eigenvalue weighted by atomic mass is 19.1. The summed E-state index contributed by atoms with van der Waals surface area (Å²) in [6.07, 6.45) is 0.717. The van der Waals surface area contributed by atoms with Crippen LogP contribution >= 0.6 is 0 Å². The van der Waals surface area contributed by atoms with Crippen LogP contribution in [0.25, 0.3) is 10.8 Å². The van der Waals surface area contributed by atoms with Gasteiger partial charge in [-0.2, -0.15) is 0 Å². The SMILES string of the molecule is CCC(C(=O)c1ccc(F)c2ccccc12)c1ccccc1. The molecule has 22 heavy (non-hydrogen) atoms. The van der Waals surface area contributed by atoms with Crippen LogP contribution in [0.2, 0.25) is 0 Å². The fourth-order valence-electron chi connectivity index (χ4n) is 2.92. The highest BCUT2D eigenvalue weighted by Gasteiger charge is 2.22. The van der Waals surface area contributed by atoms with Crippen molar-refractivity contribution in [2.24, 2.45) is 0 Å². The molecule has 0 aromatic heterocycles. The molecule has 0 aliphatic rings. The van der Waals surface area contributed by atoms with Gasteiger partial charge in [-0.1, -0.05) is 61.5 Å². The van der Waals surface area contributed by atoms with Crippen LogP contribution in [0.15, 0.2) is 66.7 Å². The largest absolute Gasteiger partial charge is 0.293 e. The predicted molar refractivity (Wildman–Crippen MR) is 87.7 cm³/mol. The van der Waals surface area contributed by atoms with Gasteiger partial charge < -0.3 is 0 Å². The Kier molecular flexibility index (Phi) is 4.01. The standard InChI is InChI=1S/C20H17FO/c1-2-15(14-8-4-3-5-9-14)20(22)18-12-13-19(21)17-11-7-6-10-16(17)18/h3-13,15H,2H2,1H3.